The van der Waals surface area contributed by atoms with Crippen LogP contribution in [0.2, 0.25) is 0 Å². The van der Waals surface area contributed by atoms with E-state index >= 15 is 0 Å². The third kappa shape index (κ3) is 4.88. The van der Waals surface area contributed by atoms with E-state index in [9.17, 15) is 9.59 Å². The largest absolute Gasteiger partial charge is 0.636 e. The van der Waals surface area contributed by atoms with Crippen LogP contribution in [-0.2, 0) is 22.9 Å². The lowest BCUT2D eigenvalue weighted by Crippen LogP contribution is -2.65. The summed E-state index contributed by atoms with van der Waals surface area (Å²) in [5.74, 6) is -0.359. The van der Waals surface area contributed by atoms with E-state index in [1.807, 2.05) is 6.92 Å². The van der Waals surface area contributed by atoms with Crippen molar-refractivity contribution in [3.63, 3.8) is 0 Å². The third-order valence-corrected chi connectivity index (χ3v) is 6.17. The van der Waals surface area contributed by atoms with Gasteiger partial charge in [-0.3, -0.25) is 9.36 Å². The number of urea groups is 1. The fraction of sp³-hybridized carbons (Fsp3) is 0.846. The second-order valence-corrected chi connectivity index (χ2v) is 7.88. The Morgan fingerprint density at radius 2 is 1.57 bits per heavy atom. The van der Waals surface area contributed by atoms with Gasteiger partial charge in [-0.15, -0.1) is 5.06 Å². The molecule has 0 N–H and O–H groups in total. The SMILES string of the molecule is CCCN(C(=O)N1CCN(OC(C)=O)CC1)[Si](OC)(OC)OC. The standard InChI is InChI=1S/C13H27N3O6Si/c1-6-7-16(23(19-3,20-4)21-5)13(18)14-8-10-15(11-9-14)22-12(2)17/h6-11H2,1-5H3. The Labute approximate surface area is 138 Å². The first-order chi connectivity index (χ1) is 10.9. The molecule has 1 rings (SSSR count). The van der Waals surface area contributed by atoms with Crippen molar-refractivity contribution in [1.82, 2.24) is 14.5 Å². The first-order valence-corrected chi connectivity index (χ1v) is 9.26. The second kappa shape index (κ2) is 9.18. The predicted molar refractivity (Wildman–Crippen MR) is 84.1 cm³/mol. The van der Waals surface area contributed by atoms with Crippen LogP contribution in [0.1, 0.15) is 20.3 Å². The number of hydrogen-bond acceptors (Lipinski definition) is 7. The van der Waals surface area contributed by atoms with Gasteiger partial charge >= 0.3 is 21.0 Å². The van der Waals surface area contributed by atoms with Gasteiger partial charge in [-0.05, 0) is 6.42 Å². The molecule has 0 radical (unpaired) electrons. The minimum Gasteiger partial charge on any atom is -0.368 e. The van der Waals surface area contributed by atoms with Gasteiger partial charge in [0.05, 0.1) is 13.1 Å². The smallest absolute Gasteiger partial charge is 0.368 e. The highest BCUT2D eigenvalue weighted by atomic mass is 28.4. The van der Waals surface area contributed by atoms with Gasteiger partial charge in [-0.1, -0.05) is 6.92 Å². The van der Waals surface area contributed by atoms with Crippen molar-refractivity contribution < 1.29 is 27.7 Å². The minimum atomic E-state index is -3.21. The summed E-state index contributed by atoms with van der Waals surface area (Å²) in [7, 11) is 1.22. The lowest BCUT2D eigenvalue weighted by Gasteiger charge is -2.40. The van der Waals surface area contributed by atoms with Crippen LogP contribution in [0.4, 0.5) is 4.79 Å². The van der Waals surface area contributed by atoms with Crippen LogP contribution in [0.25, 0.3) is 0 Å². The molecule has 1 aliphatic heterocycles. The highest BCUT2D eigenvalue weighted by Crippen LogP contribution is 2.17. The molecular weight excluding hydrogens is 322 g/mol. The maximum Gasteiger partial charge on any atom is 0.636 e. The quantitative estimate of drug-likeness (QED) is 0.611. The third-order valence-electron chi connectivity index (χ3n) is 3.55. The van der Waals surface area contributed by atoms with Crippen molar-refractivity contribution in [2.45, 2.75) is 20.3 Å². The number of piperazine rings is 1. The molecule has 0 bridgehead atoms. The number of rotatable bonds is 7. The van der Waals surface area contributed by atoms with Crippen LogP contribution in [-0.4, -0.2) is 89.5 Å². The summed E-state index contributed by atoms with van der Waals surface area (Å²) in [5, 5.41) is 1.56. The Bertz CT molecular complexity index is 391. The summed E-state index contributed by atoms with van der Waals surface area (Å²) in [6, 6.07) is -0.188. The topological polar surface area (TPSA) is 80.8 Å². The number of carbonyl (C=O) groups is 2. The van der Waals surface area contributed by atoms with Gasteiger partial charge in [-0.2, -0.15) is 0 Å². The Hall–Kier alpha value is -1.20. The van der Waals surface area contributed by atoms with Crippen LogP contribution in [0, 0.1) is 0 Å². The number of hydroxylamine groups is 2. The normalized spacial score (nSPS) is 16.3. The number of hydrogen-bond donors (Lipinski definition) is 0. The molecular formula is C13H27N3O6Si. The molecule has 9 nitrogen and oxygen atoms in total. The van der Waals surface area contributed by atoms with E-state index in [4.69, 9.17) is 18.1 Å². The van der Waals surface area contributed by atoms with E-state index in [1.165, 1.54) is 28.3 Å². The van der Waals surface area contributed by atoms with Crippen molar-refractivity contribution in [3.05, 3.63) is 0 Å². The highest BCUT2D eigenvalue weighted by molar-refractivity contribution is 6.60. The fourth-order valence-corrected chi connectivity index (χ4v) is 4.51. The number of carbonyl (C=O) groups excluding carboxylic acids is 2. The summed E-state index contributed by atoms with van der Waals surface area (Å²) in [5.41, 5.74) is 0. The summed E-state index contributed by atoms with van der Waals surface area (Å²) in [6.45, 7) is 5.64. The lowest BCUT2D eigenvalue weighted by atomic mass is 10.4. The number of amides is 2. The molecule has 0 spiro atoms. The molecule has 0 aliphatic carbocycles. The van der Waals surface area contributed by atoms with Gasteiger partial charge in [-0.25, -0.2) is 4.79 Å². The van der Waals surface area contributed by atoms with Gasteiger partial charge in [0.15, 0.2) is 0 Å². The molecule has 1 aliphatic rings. The van der Waals surface area contributed by atoms with Gasteiger partial charge in [0.1, 0.15) is 0 Å². The van der Waals surface area contributed by atoms with E-state index in [2.05, 4.69) is 0 Å². The van der Waals surface area contributed by atoms with Gasteiger partial charge < -0.3 is 23.0 Å². The van der Waals surface area contributed by atoms with Crippen molar-refractivity contribution in [1.29, 1.82) is 0 Å². The Kier molecular flexibility index (Phi) is 7.92. The van der Waals surface area contributed by atoms with Crippen LogP contribution >= 0.6 is 0 Å². The van der Waals surface area contributed by atoms with E-state index in [-0.39, 0.29) is 12.0 Å². The minimum absolute atomic E-state index is 0.188. The molecule has 1 heterocycles. The Morgan fingerprint density at radius 3 is 1.96 bits per heavy atom. The molecule has 23 heavy (non-hydrogen) atoms. The Balaban J connectivity index is 2.77. The molecule has 10 heteroatoms. The summed E-state index contributed by atoms with van der Waals surface area (Å²) in [6.07, 6.45) is 0.754. The highest BCUT2D eigenvalue weighted by Gasteiger charge is 2.50. The average molecular weight is 349 g/mol. The van der Waals surface area contributed by atoms with Crippen molar-refractivity contribution >= 4 is 21.0 Å². The first-order valence-electron chi connectivity index (χ1n) is 7.59. The van der Waals surface area contributed by atoms with Gasteiger partial charge in [0, 0.05) is 47.9 Å². The van der Waals surface area contributed by atoms with Gasteiger partial charge in [0.2, 0.25) is 0 Å². The van der Waals surface area contributed by atoms with Gasteiger partial charge in [0.25, 0.3) is 0 Å². The average Bonchev–Trinajstić information content (AvgIpc) is 2.55. The number of nitrogens with zero attached hydrogens (tertiary/aromatic N) is 3. The molecule has 0 aromatic rings. The molecule has 0 aromatic heterocycles. The fourth-order valence-electron chi connectivity index (χ4n) is 2.48. The van der Waals surface area contributed by atoms with Crippen molar-refractivity contribution in [2.75, 3.05) is 54.1 Å². The molecule has 0 unspecified atom stereocenters. The van der Waals surface area contributed by atoms with E-state index in [0.29, 0.717) is 32.7 Å². The molecule has 2 amide bonds. The molecule has 0 atom stereocenters. The molecule has 1 fully saturated rings. The van der Waals surface area contributed by atoms with E-state index in [0.717, 1.165) is 6.42 Å². The zero-order chi connectivity index (χ0) is 17.5. The van der Waals surface area contributed by atoms with Crippen LogP contribution in [0.3, 0.4) is 0 Å². The molecule has 0 saturated carbocycles. The van der Waals surface area contributed by atoms with E-state index in [1.54, 1.807) is 14.5 Å². The Morgan fingerprint density at radius 1 is 1.04 bits per heavy atom. The van der Waals surface area contributed by atoms with Crippen molar-refractivity contribution in [3.8, 4) is 0 Å². The first kappa shape index (κ1) is 19.8. The van der Waals surface area contributed by atoms with Crippen LogP contribution in [0.5, 0.6) is 0 Å². The summed E-state index contributed by atoms with van der Waals surface area (Å²) in [4.78, 5) is 30.6. The van der Waals surface area contributed by atoms with E-state index < -0.39 is 8.97 Å². The van der Waals surface area contributed by atoms with Crippen LogP contribution in [0.15, 0.2) is 0 Å². The maximum absolute atomic E-state index is 12.9. The monoisotopic (exact) mass is 349 g/mol. The maximum atomic E-state index is 12.9. The zero-order valence-electron chi connectivity index (χ0n) is 14.5. The van der Waals surface area contributed by atoms with Crippen LogP contribution < -0.4 is 0 Å². The summed E-state index contributed by atoms with van der Waals surface area (Å²) < 4.78 is 17.8. The van der Waals surface area contributed by atoms with Crippen molar-refractivity contribution in [2.24, 2.45) is 0 Å². The second-order valence-electron chi connectivity index (χ2n) is 5.07. The molecule has 0 aromatic carbocycles. The molecule has 1 saturated heterocycles. The lowest BCUT2D eigenvalue weighted by molar-refractivity contribution is -0.193. The zero-order valence-corrected chi connectivity index (χ0v) is 15.5. The molecule has 134 valence electrons. The summed E-state index contributed by atoms with van der Waals surface area (Å²) >= 11 is 0. The predicted octanol–water partition coefficient (Wildman–Crippen LogP) is 0.289.